The molecule has 2 saturated carbocycles. The van der Waals surface area contributed by atoms with Crippen LogP contribution in [0.4, 0.5) is 0 Å². The number of pyridine rings is 2. The molecule has 4 aliphatic carbocycles. The Balaban J connectivity index is 0.924. The number of aromatic nitrogens is 8. The van der Waals surface area contributed by atoms with E-state index in [0.29, 0.717) is 47.1 Å². The van der Waals surface area contributed by atoms with Gasteiger partial charge < -0.3 is 5.73 Å². The minimum Gasteiger partial charge on any atom is -0.364 e. The molecule has 2 aromatic carbocycles. The largest absolute Gasteiger partial charge is 0.364 e. The van der Waals surface area contributed by atoms with Gasteiger partial charge in [-0.15, -0.1) is 10.2 Å². The lowest BCUT2D eigenvalue weighted by molar-refractivity contribution is -0.119. The Morgan fingerprint density at radius 3 is 2.08 bits per heavy atom. The Hall–Kier alpha value is -7.18. The average Bonchev–Trinajstić information content (AvgIpc) is 3.91. The lowest BCUT2D eigenvalue weighted by atomic mass is 9.85. The molecule has 3 amide bonds. The molecule has 0 bridgehead atoms. The third-order valence-electron chi connectivity index (χ3n) is 12.5. The summed E-state index contributed by atoms with van der Waals surface area (Å²) in [5, 5.41) is 25.4. The molecule has 0 saturated heterocycles. The zero-order valence-corrected chi connectivity index (χ0v) is 36.3. The van der Waals surface area contributed by atoms with E-state index in [2.05, 4.69) is 39.8 Å². The summed E-state index contributed by atoms with van der Waals surface area (Å²) in [6.45, 7) is 0. The zero-order chi connectivity index (χ0) is 45.2. The van der Waals surface area contributed by atoms with Crippen LogP contribution >= 0.6 is 0 Å². The van der Waals surface area contributed by atoms with Gasteiger partial charge in [-0.2, -0.15) is 41.9 Å². The maximum atomic E-state index is 13.8. The SMILES string of the molecule is N#Cc1cc(-c2ccc3c(c2CC(=O)NS(=O)(=O)c2cnn(C4CC4c4cc5c(c(CC(=O)NS(=O)(=O)c6cnn(C7CC7)n6)c4-c4ccnc(C(N)=O)c4)CCC5)n2)CCC3)ccn1. The summed E-state index contributed by atoms with van der Waals surface area (Å²) in [5.41, 5.74) is 14.4. The van der Waals surface area contributed by atoms with Crippen molar-refractivity contribution in [3.63, 3.8) is 0 Å². The summed E-state index contributed by atoms with van der Waals surface area (Å²) in [6, 6.07) is 14.2. The fraction of sp³-hybridized carbons (Fsp3) is 0.318. The van der Waals surface area contributed by atoms with Crippen molar-refractivity contribution in [2.75, 3.05) is 0 Å². The van der Waals surface area contributed by atoms with Gasteiger partial charge in [0.1, 0.15) is 17.5 Å². The quantitative estimate of drug-likeness (QED) is 0.142. The zero-order valence-electron chi connectivity index (χ0n) is 34.6. The molecule has 6 aromatic rings. The summed E-state index contributed by atoms with van der Waals surface area (Å²) >= 11 is 0. The van der Waals surface area contributed by atoms with E-state index in [-0.39, 0.29) is 41.2 Å². The number of hydrogen-bond donors (Lipinski definition) is 3. The normalized spacial score (nSPS) is 17.5. The number of nitrogens with one attached hydrogen (secondary N) is 2. The number of carbonyl (C=O) groups is 3. The molecule has 0 aliphatic heterocycles. The van der Waals surface area contributed by atoms with Crippen LogP contribution in [0.1, 0.15) is 105 Å². The third-order valence-corrected chi connectivity index (χ3v) is 14.9. The predicted molar refractivity (Wildman–Crippen MR) is 229 cm³/mol. The van der Waals surface area contributed by atoms with E-state index in [1.54, 1.807) is 18.2 Å². The van der Waals surface area contributed by atoms with Crippen molar-refractivity contribution in [3.05, 3.63) is 118 Å². The molecule has 4 aromatic heterocycles. The fourth-order valence-electron chi connectivity index (χ4n) is 9.26. The number of nitrogens with two attached hydrogens (primary N) is 1. The van der Waals surface area contributed by atoms with Crippen molar-refractivity contribution in [2.45, 2.75) is 98.7 Å². The van der Waals surface area contributed by atoms with Crippen LogP contribution in [0.15, 0.2) is 77.3 Å². The minimum atomic E-state index is -4.48. The van der Waals surface area contributed by atoms with Gasteiger partial charge in [0.15, 0.2) is 0 Å². The molecule has 21 heteroatoms. The van der Waals surface area contributed by atoms with Crippen molar-refractivity contribution in [3.8, 4) is 28.3 Å². The highest BCUT2D eigenvalue weighted by Crippen LogP contribution is 2.55. The predicted octanol–water partition coefficient (Wildman–Crippen LogP) is 3.10. The number of fused-ring (bicyclic) bond motifs is 2. The van der Waals surface area contributed by atoms with Crippen LogP contribution in [0.5, 0.6) is 0 Å². The monoisotopic (exact) mass is 912 g/mol. The second kappa shape index (κ2) is 16.1. The van der Waals surface area contributed by atoms with Gasteiger partial charge in [-0.1, -0.05) is 18.2 Å². The van der Waals surface area contributed by atoms with E-state index < -0.39 is 48.8 Å². The van der Waals surface area contributed by atoms with E-state index in [4.69, 9.17) is 5.73 Å². The molecule has 19 nitrogen and oxygen atoms in total. The molecule has 4 aliphatic rings. The van der Waals surface area contributed by atoms with Gasteiger partial charge in [0.25, 0.3) is 26.0 Å². The molecule has 2 unspecified atom stereocenters. The van der Waals surface area contributed by atoms with Crippen LogP contribution in [0, 0.1) is 11.3 Å². The molecule has 65 heavy (non-hydrogen) atoms. The van der Waals surface area contributed by atoms with Gasteiger partial charge in [-0.25, -0.2) is 14.4 Å². The van der Waals surface area contributed by atoms with Crippen LogP contribution < -0.4 is 15.2 Å². The van der Waals surface area contributed by atoms with Crippen molar-refractivity contribution in [1.29, 1.82) is 5.26 Å². The van der Waals surface area contributed by atoms with Crippen molar-refractivity contribution in [1.82, 2.24) is 49.4 Å². The Labute approximate surface area is 372 Å². The Morgan fingerprint density at radius 2 is 1.38 bits per heavy atom. The summed E-state index contributed by atoms with van der Waals surface area (Å²) in [5.74, 6) is -2.61. The molecule has 2 fully saturated rings. The van der Waals surface area contributed by atoms with Crippen molar-refractivity contribution in [2.24, 2.45) is 5.73 Å². The number of primary amides is 1. The molecule has 2 atom stereocenters. The number of carbonyl (C=O) groups excluding carboxylic acids is 3. The Morgan fingerprint density at radius 1 is 0.754 bits per heavy atom. The van der Waals surface area contributed by atoms with Gasteiger partial charge in [0, 0.05) is 18.3 Å². The fourth-order valence-corrected chi connectivity index (χ4v) is 11.0. The van der Waals surface area contributed by atoms with Crippen LogP contribution in [0.25, 0.3) is 22.3 Å². The van der Waals surface area contributed by atoms with Crippen LogP contribution in [0.2, 0.25) is 0 Å². The number of aryl methyl sites for hydroxylation is 2. The first kappa shape index (κ1) is 41.8. The van der Waals surface area contributed by atoms with E-state index in [1.165, 1.54) is 28.1 Å². The first-order valence-electron chi connectivity index (χ1n) is 21.1. The molecule has 0 spiro atoms. The Kier molecular flexibility index (Phi) is 10.4. The van der Waals surface area contributed by atoms with Gasteiger partial charge >= 0.3 is 0 Å². The molecule has 0 radical (unpaired) electrons. The van der Waals surface area contributed by atoms with Crippen molar-refractivity contribution >= 4 is 37.8 Å². The maximum absolute atomic E-state index is 13.8. The number of nitriles is 1. The standard InChI is InChI=1S/C44H40N12O7S2/c45-21-28-15-26(11-13-47-28)32-10-7-24-3-1-5-30(24)33(32)19-39(57)53-65(62,63)42-23-50-56(52-42)38-18-34(38)35-16-25-4-2-6-31(25)36(43(35)27-12-14-48-37(17-27)44(46)59)20-40(58)54-64(60,61)41-22-49-55(51-41)29-8-9-29/h7,10-17,22-23,29,34,38H,1-6,8-9,18-20H2,(H2,46,59)(H,53,57)(H,54,58). The van der Waals surface area contributed by atoms with E-state index in [9.17, 15) is 36.5 Å². The van der Waals surface area contributed by atoms with Gasteiger partial charge in [-0.3, -0.25) is 19.4 Å². The lowest BCUT2D eigenvalue weighted by Gasteiger charge is -2.20. The lowest BCUT2D eigenvalue weighted by Crippen LogP contribution is -2.32. The smallest absolute Gasteiger partial charge is 0.285 e. The van der Waals surface area contributed by atoms with Crippen molar-refractivity contribution < 1.29 is 31.2 Å². The maximum Gasteiger partial charge on any atom is 0.285 e. The number of amides is 3. The van der Waals surface area contributed by atoms with Crippen LogP contribution in [-0.2, 0) is 68.2 Å². The second-order valence-corrected chi connectivity index (χ2v) is 20.0. The van der Waals surface area contributed by atoms with Crippen LogP contribution in [0.3, 0.4) is 0 Å². The Bertz CT molecular complexity index is 3260. The van der Waals surface area contributed by atoms with Gasteiger partial charge in [-0.05, 0) is 143 Å². The first-order valence-corrected chi connectivity index (χ1v) is 24.1. The minimum absolute atomic E-state index is 0.0120. The molecule has 10 rings (SSSR count). The van der Waals surface area contributed by atoms with E-state index in [0.717, 1.165) is 84.3 Å². The highest BCUT2D eigenvalue weighted by molar-refractivity contribution is 7.90. The third kappa shape index (κ3) is 8.14. The van der Waals surface area contributed by atoms with Gasteiger partial charge in [0.05, 0.1) is 37.3 Å². The second-order valence-electron chi connectivity index (χ2n) is 16.8. The topological polar surface area (TPSA) is 281 Å². The number of benzene rings is 2. The number of sulfonamides is 2. The summed E-state index contributed by atoms with van der Waals surface area (Å²) in [4.78, 5) is 50.5. The van der Waals surface area contributed by atoms with Crippen LogP contribution in [-0.4, -0.2) is 74.5 Å². The molecule has 4 heterocycles. The van der Waals surface area contributed by atoms with E-state index in [1.807, 2.05) is 24.3 Å². The number of nitrogens with zero attached hydrogens (tertiary/aromatic N) is 9. The molecular weight excluding hydrogens is 873 g/mol. The molecule has 330 valence electrons. The summed E-state index contributed by atoms with van der Waals surface area (Å²) in [7, 11) is -8.83. The number of rotatable bonds is 14. The summed E-state index contributed by atoms with van der Waals surface area (Å²) < 4.78 is 58.4. The summed E-state index contributed by atoms with van der Waals surface area (Å²) in [6.07, 6.45) is 11.3. The van der Waals surface area contributed by atoms with E-state index >= 15 is 0 Å². The highest BCUT2D eigenvalue weighted by Gasteiger charge is 2.45. The average molecular weight is 913 g/mol. The molecule has 4 N–H and O–H groups in total. The first-order chi connectivity index (χ1) is 31.3. The van der Waals surface area contributed by atoms with Gasteiger partial charge in [0.2, 0.25) is 21.9 Å². The molecular formula is C44H40N12O7S2. The highest BCUT2D eigenvalue weighted by atomic mass is 32.2. The number of hydrogen-bond acceptors (Lipinski definition) is 14.